The molecule has 1 aromatic carbocycles. The third kappa shape index (κ3) is 6.29. The number of rotatable bonds is 8. The molecule has 170 valence electrons. The summed E-state index contributed by atoms with van der Waals surface area (Å²) in [5.41, 5.74) is 2.45. The molecule has 7 heteroatoms. The van der Waals surface area contributed by atoms with Gasteiger partial charge < -0.3 is 20.6 Å². The first-order chi connectivity index (χ1) is 14.8. The van der Waals surface area contributed by atoms with E-state index in [2.05, 4.69) is 10.6 Å². The van der Waals surface area contributed by atoms with E-state index < -0.39 is 11.9 Å². The summed E-state index contributed by atoms with van der Waals surface area (Å²) in [5, 5.41) is 15.7. The van der Waals surface area contributed by atoms with Gasteiger partial charge in [-0.05, 0) is 88.2 Å². The highest BCUT2D eigenvalue weighted by atomic mass is 16.4. The van der Waals surface area contributed by atoms with Crippen LogP contribution in [-0.4, -0.2) is 53.5 Å². The maximum atomic E-state index is 12.9. The number of hydrogen-bond acceptors (Lipinski definition) is 4. The maximum Gasteiger partial charge on any atom is 0.304 e. The molecule has 1 fully saturated rings. The van der Waals surface area contributed by atoms with Crippen molar-refractivity contribution in [3.05, 3.63) is 34.9 Å². The van der Waals surface area contributed by atoms with Crippen molar-refractivity contribution in [3.63, 3.8) is 0 Å². The molecule has 2 amide bonds. The second-order valence-corrected chi connectivity index (χ2v) is 9.13. The molecule has 2 aliphatic heterocycles. The molecule has 7 nitrogen and oxygen atoms in total. The lowest BCUT2D eigenvalue weighted by Gasteiger charge is -2.27. The monoisotopic (exact) mass is 429 g/mol. The van der Waals surface area contributed by atoms with Crippen LogP contribution < -0.4 is 10.6 Å². The average Bonchev–Trinajstić information content (AvgIpc) is 2.87. The second kappa shape index (κ2) is 10.8. The van der Waals surface area contributed by atoms with E-state index in [-0.39, 0.29) is 24.3 Å². The topological polar surface area (TPSA) is 98.7 Å². The molecule has 3 rings (SSSR count). The summed E-state index contributed by atoms with van der Waals surface area (Å²) < 4.78 is 0. The molecule has 1 saturated heterocycles. The number of piperidine rings is 1. The first kappa shape index (κ1) is 23.3. The van der Waals surface area contributed by atoms with Crippen LogP contribution in [0.2, 0.25) is 0 Å². The number of carboxylic acids is 1. The standard InChI is InChI=1S/C24H35N3O4/c1-16(2)27-15-19-6-5-18(12-20(19)13-21(24(27)31)14-22(28)29)23(30)26-9-3-4-17-7-10-25-11-8-17/h5-6,12,16-17,21,25H,3-4,7-11,13-15H2,1-2H3,(H,26,30)(H,28,29). The number of hydrogen-bond donors (Lipinski definition) is 3. The summed E-state index contributed by atoms with van der Waals surface area (Å²) in [6.45, 7) is 7.15. The van der Waals surface area contributed by atoms with Crippen LogP contribution >= 0.6 is 0 Å². The Balaban J connectivity index is 1.64. The van der Waals surface area contributed by atoms with E-state index in [9.17, 15) is 19.5 Å². The zero-order valence-electron chi connectivity index (χ0n) is 18.7. The van der Waals surface area contributed by atoms with Gasteiger partial charge in [0.05, 0.1) is 12.3 Å². The van der Waals surface area contributed by atoms with Crippen molar-refractivity contribution in [2.24, 2.45) is 11.8 Å². The molecule has 31 heavy (non-hydrogen) atoms. The van der Waals surface area contributed by atoms with Crippen LogP contribution in [0.3, 0.4) is 0 Å². The van der Waals surface area contributed by atoms with Gasteiger partial charge in [-0.15, -0.1) is 0 Å². The minimum atomic E-state index is -0.979. The van der Waals surface area contributed by atoms with E-state index in [0.29, 0.717) is 25.1 Å². The van der Waals surface area contributed by atoms with Gasteiger partial charge in [0, 0.05) is 24.7 Å². The molecule has 0 radical (unpaired) electrons. The molecule has 1 unspecified atom stereocenters. The van der Waals surface area contributed by atoms with Gasteiger partial charge in [0.25, 0.3) is 5.91 Å². The average molecular weight is 430 g/mol. The Morgan fingerprint density at radius 3 is 2.65 bits per heavy atom. The van der Waals surface area contributed by atoms with E-state index >= 15 is 0 Å². The molecule has 0 bridgehead atoms. The second-order valence-electron chi connectivity index (χ2n) is 9.13. The Hall–Kier alpha value is -2.41. The largest absolute Gasteiger partial charge is 0.481 e. The fourth-order valence-electron chi connectivity index (χ4n) is 4.63. The van der Waals surface area contributed by atoms with Gasteiger partial charge in [-0.1, -0.05) is 6.07 Å². The molecule has 1 atom stereocenters. The number of carbonyl (C=O) groups excluding carboxylic acids is 2. The number of carbonyl (C=O) groups is 3. The summed E-state index contributed by atoms with van der Waals surface area (Å²) in [6.07, 6.45) is 4.68. The Morgan fingerprint density at radius 2 is 1.97 bits per heavy atom. The minimum absolute atomic E-state index is 0.0161. The van der Waals surface area contributed by atoms with Crippen LogP contribution in [0, 0.1) is 11.8 Å². The van der Waals surface area contributed by atoms with Crippen LogP contribution in [0.5, 0.6) is 0 Å². The van der Waals surface area contributed by atoms with Crippen LogP contribution in [0.25, 0.3) is 0 Å². The van der Waals surface area contributed by atoms with Crippen LogP contribution in [-0.2, 0) is 22.6 Å². The molecule has 2 heterocycles. The predicted octanol–water partition coefficient (Wildman–Crippen LogP) is 2.58. The normalized spacial score (nSPS) is 19.8. The Labute approximate surface area is 184 Å². The summed E-state index contributed by atoms with van der Waals surface area (Å²) in [4.78, 5) is 38.6. The van der Waals surface area contributed by atoms with Gasteiger partial charge in [-0.25, -0.2) is 0 Å². The molecular formula is C24H35N3O4. The van der Waals surface area contributed by atoms with Gasteiger partial charge in [-0.2, -0.15) is 0 Å². The van der Waals surface area contributed by atoms with Crippen molar-refractivity contribution in [2.75, 3.05) is 19.6 Å². The predicted molar refractivity (Wildman–Crippen MR) is 119 cm³/mol. The van der Waals surface area contributed by atoms with Crippen molar-refractivity contribution >= 4 is 17.8 Å². The summed E-state index contributed by atoms with van der Waals surface area (Å²) in [7, 11) is 0. The quantitative estimate of drug-likeness (QED) is 0.552. The van der Waals surface area contributed by atoms with Crippen LogP contribution in [0.1, 0.15) is 67.4 Å². The highest BCUT2D eigenvalue weighted by molar-refractivity contribution is 5.94. The third-order valence-electron chi connectivity index (χ3n) is 6.49. The number of nitrogens with one attached hydrogen (secondary N) is 2. The van der Waals surface area contributed by atoms with Gasteiger partial charge in [0.2, 0.25) is 5.91 Å². The molecule has 2 aliphatic rings. The summed E-state index contributed by atoms with van der Waals surface area (Å²) >= 11 is 0. The fourth-order valence-corrected chi connectivity index (χ4v) is 4.63. The number of nitrogens with zero attached hydrogens (tertiary/aromatic N) is 1. The van der Waals surface area contributed by atoms with E-state index in [1.807, 2.05) is 32.0 Å². The van der Waals surface area contributed by atoms with Crippen LogP contribution in [0.4, 0.5) is 0 Å². The number of benzene rings is 1. The smallest absolute Gasteiger partial charge is 0.304 e. The lowest BCUT2D eigenvalue weighted by atomic mass is 9.92. The highest BCUT2D eigenvalue weighted by Gasteiger charge is 2.32. The summed E-state index contributed by atoms with van der Waals surface area (Å²) in [5.74, 6) is -1.08. The molecule has 0 spiro atoms. The molecule has 1 aromatic rings. The number of carboxylic acid groups (broad SMARTS) is 1. The van der Waals surface area contributed by atoms with Crippen molar-refractivity contribution in [1.29, 1.82) is 0 Å². The van der Waals surface area contributed by atoms with Crippen molar-refractivity contribution in [1.82, 2.24) is 15.5 Å². The number of aliphatic carboxylic acids is 1. The van der Waals surface area contributed by atoms with E-state index in [1.54, 1.807) is 4.90 Å². The Kier molecular flexibility index (Phi) is 8.07. The Bertz CT molecular complexity index is 802. The van der Waals surface area contributed by atoms with Gasteiger partial charge in [0.15, 0.2) is 0 Å². The van der Waals surface area contributed by atoms with Gasteiger partial charge in [0.1, 0.15) is 0 Å². The van der Waals surface area contributed by atoms with Crippen molar-refractivity contribution in [3.8, 4) is 0 Å². The Morgan fingerprint density at radius 1 is 1.23 bits per heavy atom. The van der Waals surface area contributed by atoms with Gasteiger partial charge >= 0.3 is 5.97 Å². The fraction of sp³-hybridized carbons (Fsp3) is 0.625. The molecule has 3 N–H and O–H groups in total. The third-order valence-corrected chi connectivity index (χ3v) is 6.49. The zero-order valence-corrected chi connectivity index (χ0v) is 18.7. The maximum absolute atomic E-state index is 12.9. The highest BCUT2D eigenvalue weighted by Crippen LogP contribution is 2.27. The lowest BCUT2D eigenvalue weighted by molar-refractivity contribution is -0.145. The molecular weight excluding hydrogens is 394 g/mol. The molecule has 0 saturated carbocycles. The number of fused-ring (bicyclic) bond motifs is 1. The van der Waals surface area contributed by atoms with E-state index in [4.69, 9.17) is 0 Å². The number of amides is 2. The first-order valence-corrected chi connectivity index (χ1v) is 11.5. The van der Waals surface area contributed by atoms with Gasteiger partial charge in [-0.3, -0.25) is 14.4 Å². The van der Waals surface area contributed by atoms with E-state index in [1.165, 1.54) is 12.8 Å². The first-order valence-electron chi connectivity index (χ1n) is 11.5. The van der Waals surface area contributed by atoms with Crippen LogP contribution in [0.15, 0.2) is 18.2 Å². The molecule has 0 aromatic heterocycles. The molecule has 0 aliphatic carbocycles. The van der Waals surface area contributed by atoms with Crippen molar-refractivity contribution in [2.45, 2.75) is 65.0 Å². The minimum Gasteiger partial charge on any atom is -0.481 e. The summed E-state index contributed by atoms with van der Waals surface area (Å²) in [6, 6.07) is 5.54. The lowest BCUT2D eigenvalue weighted by Crippen LogP contribution is -2.40. The van der Waals surface area contributed by atoms with E-state index in [0.717, 1.165) is 43.0 Å². The van der Waals surface area contributed by atoms with Crippen molar-refractivity contribution < 1.29 is 19.5 Å². The zero-order chi connectivity index (χ0) is 22.4. The SMILES string of the molecule is CC(C)N1Cc2ccc(C(=O)NCCCC3CCNCC3)cc2CC(CC(=O)O)C1=O.